The minimum atomic E-state index is -0.313. The van der Waals surface area contributed by atoms with Gasteiger partial charge in [0.15, 0.2) is 0 Å². The lowest BCUT2D eigenvalue weighted by atomic mass is 9.78. The van der Waals surface area contributed by atoms with Crippen LogP contribution in [0.2, 0.25) is 0 Å². The van der Waals surface area contributed by atoms with E-state index < -0.39 is 0 Å². The maximum atomic E-state index is 13.0. The number of carbonyl (C=O) groups excluding carboxylic acids is 2. The summed E-state index contributed by atoms with van der Waals surface area (Å²) in [5, 5.41) is 0. The number of methoxy groups -OCH3 is 1. The van der Waals surface area contributed by atoms with Gasteiger partial charge in [-0.25, -0.2) is 0 Å². The van der Waals surface area contributed by atoms with Crippen LogP contribution in [0.1, 0.15) is 57.8 Å². The van der Waals surface area contributed by atoms with Crippen LogP contribution in [0.5, 0.6) is 0 Å². The van der Waals surface area contributed by atoms with E-state index in [1.54, 1.807) is 7.11 Å². The second kappa shape index (κ2) is 7.85. The Bertz CT molecular complexity index is 460. The lowest BCUT2D eigenvalue weighted by molar-refractivity contribution is -0.147. The molecule has 2 saturated heterocycles. The smallest absolute Gasteiger partial charge is 0.230 e. The summed E-state index contributed by atoms with van der Waals surface area (Å²) in [7, 11) is 1.67. The Labute approximate surface area is 145 Å². The van der Waals surface area contributed by atoms with Crippen LogP contribution in [0.15, 0.2) is 0 Å². The number of hydrogen-bond donors (Lipinski definition) is 0. The van der Waals surface area contributed by atoms with Crippen LogP contribution in [0.4, 0.5) is 0 Å². The topological polar surface area (TPSA) is 49.9 Å². The molecule has 3 fully saturated rings. The monoisotopic (exact) mass is 336 g/mol. The molecule has 0 aromatic rings. The maximum absolute atomic E-state index is 13.0. The van der Waals surface area contributed by atoms with Crippen molar-refractivity contribution in [3.05, 3.63) is 0 Å². The van der Waals surface area contributed by atoms with Gasteiger partial charge in [0.2, 0.25) is 11.8 Å². The summed E-state index contributed by atoms with van der Waals surface area (Å²) in [6.07, 6.45) is 9.78. The minimum absolute atomic E-state index is 0.200. The van der Waals surface area contributed by atoms with Gasteiger partial charge in [0, 0.05) is 39.2 Å². The van der Waals surface area contributed by atoms with E-state index in [1.807, 2.05) is 9.80 Å². The van der Waals surface area contributed by atoms with Crippen molar-refractivity contribution < 1.29 is 14.3 Å². The number of hydrogen-bond acceptors (Lipinski definition) is 3. The summed E-state index contributed by atoms with van der Waals surface area (Å²) in [6.45, 7) is 3.50. The normalized spacial score (nSPS) is 29.3. The highest BCUT2D eigenvalue weighted by molar-refractivity contribution is 5.86. The third-order valence-electron chi connectivity index (χ3n) is 6.26. The highest BCUT2D eigenvalue weighted by Crippen LogP contribution is 2.41. The molecular formula is C19H32N2O3. The predicted molar refractivity (Wildman–Crippen MR) is 92.5 cm³/mol. The summed E-state index contributed by atoms with van der Waals surface area (Å²) < 4.78 is 5.14. The summed E-state index contributed by atoms with van der Waals surface area (Å²) in [5.74, 6) is 0.767. The van der Waals surface area contributed by atoms with Crippen LogP contribution in [0, 0.1) is 11.3 Å². The first kappa shape index (κ1) is 17.7. The largest absolute Gasteiger partial charge is 0.383 e. The summed E-state index contributed by atoms with van der Waals surface area (Å²) in [6, 6.07) is 0. The standard InChI is InChI=1S/C19H32N2O3/c1-24-14-13-20-11-6-9-19(18(20)23)10-12-21(15-19)17(22)16-7-4-2-3-5-8-16/h16H,2-15H2,1H3/t19-/m0/s1. The molecule has 5 heteroatoms. The van der Waals surface area contributed by atoms with Crippen LogP contribution in [-0.2, 0) is 14.3 Å². The molecule has 5 nitrogen and oxygen atoms in total. The second-order valence-corrected chi connectivity index (χ2v) is 7.87. The minimum Gasteiger partial charge on any atom is -0.383 e. The molecule has 0 aromatic heterocycles. The Morgan fingerprint density at radius 3 is 2.58 bits per heavy atom. The van der Waals surface area contributed by atoms with E-state index in [2.05, 4.69) is 0 Å². The van der Waals surface area contributed by atoms with Crippen molar-refractivity contribution in [1.29, 1.82) is 0 Å². The van der Waals surface area contributed by atoms with E-state index in [0.29, 0.717) is 25.6 Å². The fourth-order valence-electron chi connectivity index (χ4n) is 4.79. The molecule has 1 spiro atoms. The first-order valence-corrected chi connectivity index (χ1v) is 9.73. The third-order valence-corrected chi connectivity index (χ3v) is 6.26. The Hall–Kier alpha value is -1.10. The van der Waals surface area contributed by atoms with Crippen LogP contribution >= 0.6 is 0 Å². The molecule has 0 N–H and O–H groups in total. The lowest BCUT2D eigenvalue weighted by Crippen LogP contribution is -2.51. The Balaban J connectivity index is 1.62. The molecular weight excluding hydrogens is 304 g/mol. The SMILES string of the molecule is COCCN1CCC[C@@]2(CCN(C(=O)C3CCCCCC3)C2)C1=O. The molecule has 0 aromatic carbocycles. The Morgan fingerprint density at radius 2 is 1.88 bits per heavy atom. The molecule has 1 aliphatic carbocycles. The molecule has 24 heavy (non-hydrogen) atoms. The van der Waals surface area contributed by atoms with Crippen LogP contribution < -0.4 is 0 Å². The number of nitrogens with zero attached hydrogens (tertiary/aromatic N) is 2. The van der Waals surface area contributed by atoms with E-state index >= 15 is 0 Å². The molecule has 2 heterocycles. The Morgan fingerprint density at radius 1 is 1.12 bits per heavy atom. The van der Waals surface area contributed by atoms with E-state index in [4.69, 9.17) is 4.74 Å². The molecule has 0 radical (unpaired) electrons. The van der Waals surface area contributed by atoms with Crippen molar-refractivity contribution in [3.63, 3.8) is 0 Å². The number of likely N-dealkylation sites (tertiary alicyclic amines) is 2. The predicted octanol–water partition coefficient (Wildman–Crippen LogP) is 2.44. The molecule has 0 unspecified atom stereocenters. The van der Waals surface area contributed by atoms with Crippen molar-refractivity contribution in [2.24, 2.45) is 11.3 Å². The van der Waals surface area contributed by atoms with Crippen molar-refractivity contribution in [2.45, 2.75) is 57.8 Å². The molecule has 3 aliphatic rings. The van der Waals surface area contributed by atoms with E-state index in [9.17, 15) is 9.59 Å². The van der Waals surface area contributed by atoms with Gasteiger partial charge in [0.25, 0.3) is 0 Å². The quantitative estimate of drug-likeness (QED) is 0.741. The molecule has 136 valence electrons. The van der Waals surface area contributed by atoms with Crippen LogP contribution in [0.3, 0.4) is 0 Å². The van der Waals surface area contributed by atoms with Crippen molar-refractivity contribution in [2.75, 3.05) is 39.9 Å². The van der Waals surface area contributed by atoms with E-state index in [-0.39, 0.29) is 17.2 Å². The van der Waals surface area contributed by atoms with Gasteiger partial charge >= 0.3 is 0 Å². The van der Waals surface area contributed by atoms with Crippen LogP contribution in [-0.4, -0.2) is 61.5 Å². The first-order valence-electron chi connectivity index (χ1n) is 9.73. The van der Waals surface area contributed by atoms with Gasteiger partial charge in [-0.15, -0.1) is 0 Å². The fourth-order valence-corrected chi connectivity index (χ4v) is 4.79. The van der Waals surface area contributed by atoms with Crippen LogP contribution in [0.25, 0.3) is 0 Å². The van der Waals surface area contributed by atoms with Gasteiger partial charge < -0.3 is 14.5 Å². The van der Waals surface area contributed by atoms with Gasteiger partial charge in [-0.3, -0.25) is 9.59 Å². The number of carbonyl (C=O) groups is 2. The van der Waals surface area contributed by atoms with Crippen molar-refractivity contribution in [1.82, 2.24) is 9.80 Å². The van der Waals surface area contributed by atoms with E-state index in [1.165, 1.54) is 25.7 Å². The zero-order valence-electron chi connectivity index (χ0n) is 15.1. The highest BCUT2D eigenvalue weighted by Gasteiger charge is 2.49. The third kappa shape index (κ3) is 3.61. The summed E-state index contributed by atoms with van der Waals surface area (Å²) in [4.78, 5) is 29.9. The molecule has 1 atom stereocenters. The van der Waals surface area contributed by atoms with Gasteiger partial charge in [-0.05, 0) is 32.1 Å². The zero-order chi connectivity index (χ0) is 17.0. The number of piperidine rings is 1. The van der Waals surface area contributed by atoms with Gasteiger partial charge in [-0.2, -0.15) is 0 Å². The van der Waals surface area contributed by atoms with Gasteiger partial charge in [-0.1, -0.05) is 25.7 Å². The fraction of sp³-hybridized carbons (Fsp3) is 0.895. The number of ether oxygens (including phenoxy) is 1. The first-order chi connectivity index (χ1) is 11.7. The number of rotatable bonds is 4. The highest BCUT2D eigenvalue weighted by atomic mass is 16.5. The summed E-state index contributed by atoms with van der Waals surface area (Å²) >= 11 is 0. The maximum Gasteiger partial charge on any atom is 0.230 e. The Kier molecular flexibility index (Phi) is 5.80. The summed E-state index contributed by atoms with van der Waals surface area (Å²) in [5.41, 5.74) is -0.313. The molecule has 2 amide bonds. The molecule has 1 saturated carbocycles. The van der Waals surface area contributed by atoms with Crippen molar-refractivity contribution >= 4 is 11.8 Å². The average molecular weight is 336 g/mol. The zero-order valence-corrected chi connectivity index (χ0v) is 15.1. The lowest BCUT2D eigenvalue weighted by Gasteiger charge is -2.39. The molecule has 2 aliphatic heterocycles. The van der Waals surface area contributed by atoms with Gasteiger partial charge in [0.05, 0.1) is 12.0 Å². The van der Waals surface area contributed by atoms with E-state index in [0.717, 1.165) is 45.2 Å². The average Bonchev–Trinajstić information content (AvgIpc) is 2.83. The second-order valence-electron chi connectivity index (χ2n) is 7.87. The molecule has 0 bridgehead atoms. The number of amides is 2. The van der Waals surface area contributed by atoms with Gasteiger partial charge in [0.1, 0.15) is 0 Å². The molecule has 3 rings (SSSR count). The van der Waals surface area contributed by atoms with Crippen molar-refractivity contribution in [3.8, 4) is 0 Å².